The van der Waals surface area contributed by atoms with E-state index >= 15 is 0 Å². The molecular weight excluding hydrogens is 335 g/mol. The van der Waals surface area contributed by atoms with Crippen molar-refractivity contribution in [3.05, 3.63) is 33.8 Å². The highest BCUT2D eigenvalue weighted by molar-refractivity contribution is 7.88. The van der Waals surface area contributed by atoms with E-state index in [-0.39, 0.29) is 12.5 Å². The van der Waals surface area contributed by atoms with E-state index in [0.29, 0.717) is 29.4 Å². The number of carbonyl (C=O) groups excluding carboxylic acids is 1. The molecule has 1 fully saturated rings. The van der Waals surface area contributed by atoms with Crippen molar-refractivity contribution in [2.75, 3.05) is 12.8 Å². The van der Waals surface area contributed by atoms with E-state index in [0.717, 1.165) is 11.8 Å². The number of amides is 1. The first-order valence-corrected chi connectivity index (χ1v) is 9.08. The van der Waals surface area contributed by atoms with E-state index in [1.54, 1.807) is 18.2 Å². The third-order valence-corrected chi connectivity index (χ3v) is 5.28. The quantitative estimate of drug-likeness (QED) is 0.903. The van der Waals surface area contributed by atoms with Crippen LogP contribution >= 0.6 is 23.2 Å². The minimum absolute atomic E-state index is 0.239. The van der Waals surface area contributed by atoms with Gasteiger partial charge in [0.05, 0.1) is 6.26 Å². The third kappa shape index (κ3) is 4.10. The number of halogens is 2. The molecule has 1 atom stereocenters. The predicted octanol–water partition coefficient (Wildman–Crippen LogP) is 2.03. The topological polar surface area (TPSA) is 66.5 Å². The summed E-state index contributed by atoms with van der Waals surface area (Å²) in [5.41, 5.74) is 0.735. The van der Waals surface area contributed by atoms with Crippen LogP contribution in [0.25, 0.3) is 0 Å². The summed E-state index contributed by atoms with van der Waals surface area (Å²) in [6.45, 7) is 0.627. The molecule has 2 rings (SSSR count). The van der Waals surface area contributed by atoms with Gasteiger partial charge in [0.1, 0.15) is 6.04 Å². The lowest BCUT2D eigenvalue weighted by Gasteiger charge is -2.21. The average molecular weight is 351 g/mol. The molecule has 21 heavy (non-hydrogen) atoms. The van der Waals surface area contributed by atoms with Gasteiger partial charge < -0.3 is 5.32 Å². The van der Waals surface area contributed by atoms with E-state index in [2.05, 4.69) is 5.32 Å². The Morgan fingerprint density at radius 3 is 2.76 bits per heavy atom. The van der Waals surface area contributed by atoms with Gasteiger partial charge in [0.15, 0.2) is 0 Å². The molecule has 1 aliphatic heterocycles. The Balaban J connectivity index is 2.01. The van der Waals surface area contributed by atoms with E-state index in [1.807, 2.05) is 0 Å². The zero-order valence-electron chi connectivity index (χ0n) is 11.5. The Labute approximate surface area is 134 Å². The average Bonchev–Trinajstić information content (AvgIpc) is 2.86. The van der Waals surface area contributed by atoms with Gasteiger partial charge in [-0.25, -0.2) is 8.42 Å². The van der Waals surface area contributed by atoms with Crippen molar-refractivity contribution in [2.24, 2.45) is 0 Å². The molecule has 0 aromatic heterocycles. The molecule has 8 heteroatoms. The second-order valence-electron chi connectivity index (χ2n) is 4.99. The van der Waals surface area contributed by atoms with Crippen LogP contribution in [0, 0.1) is 0 Å². The molecule has 0 radical (unpaired) electrons. The Morgan fingerprint density at radius 2 is 2.14 bits per heavy atom. The summed E-state index contributed by atoms with van der Waals surface area (Å²) in [7, 11) is -3.36. The molecule has 1 aliphatic rings. The first kappa shape index (κ1) is 16.5. The van der Waals surface area contributed by atoms with Gasteiger partial charge in [-0.3, -0.25) is 4.79 Å². The smallest absolute Gasteiger partial charge is 0.238 e. The molecule has 5 nitrogen and oxygen atoms in total. The lowest BCUT2D eigenvalue weighted by Crippen LogP contribution is -2.45. The number of carbonyl (C=O) groups is 1. The highest BCUT2D eigenvalue weighted by Crippen LogP contribution is 2.22. The molecule has 0 spiro atoms. The molecule has 116 valence electrons. The number of hydrogen-bond donors (Lipinski definition) is 1. The van der Waals surface area contributed by atoms with Crippen molar-refractivity contribution in [3.63, 3.8) is 0 Å². The van der Waals surface area contributed by atoms with Crippen molar-refractivity contribution >= 4 is 39.1 Å². The fraction of sp³-hybridized carbons (Fsp3) is 0.462. The van der Waals surface area contributed by atoms with E-state index < -0.39 is 16.1 Å². The molecule has 1 heterocycles. The van der Waals surface area contributed by atoms with Crippen molar-refractivity contribution in [1.29, 1.82) is 0 Å². The van der Waals surface area contributed by atoms with Crippen molar-refractivity contribution < 1.29 is 13.2 Å². The van der Waals surface area contributed by atoms with Gasteiger partial charge in [-0.1, -0.05) is 29.3 Å². The summed E-state index contributed by atoms with van der Waals surface area (Å²) in [4.78, 5) is 12.2. The van der Waals surface area contributed by atoms with E-state index in [9.17, 15) is 13.2 Å². The van der Waals surface area contributed by atoms with Crippen LogP contribution in [-0.2, 0) is 21.4 Å². The fourth-order valence-electron chi connectivity index (χ4n) is 2.36. The molecule has 1 aromatic rings. The lowest BCUT2D eigenvalue weighted by atomic mass is 10.2. The van der Waals surface area contributed by atoms with Crippen LogP contribution < -0.4 is 5.32 Å². The summed E-state index contributed by atoms with van der Waals surface area (Å²) >= 11 is 11.8. The van der Waals surface area contributed by atoms with Crippen LogP contribution in [0.5, 0.6) is 0 Å². The number of nitrogens with one attached hydrogen (secondary N) is 1. The fourth-order valence-corrected chi connectivity index (χ4v) is 3.96. The summed E-state index contributed by atoms with van der Waals surface area (Å²) in [5, 5.41) is 3.72. The Morgan fingerprint density at radius 1 is 1.43 bits per heavy atom. The minimum Gasteiger partial charge on any atom is -0.351 e. The minimum atomic E-state index is -3.36. The number of hydrogen-bond acceptors (Lipinski definition) is 3. The third-order valence-electron chi connectivity index (χ3n) is 3.40. The zero-order valence-corrected chi connectivity index (χ0v) is 13.8. The maximum atomic E-state index is 12.2. The Bertz CT molecular complexity index is 649. The molecule has 1 amide bonds. The van der Waals surface area contributed by atoms with E-state index in [4.69, 9.17) is 23.2 Å². The second-order valence-corrected chi connectivity index (χ2v) is 7.76. The van der Waals surface area contributed by atoms with Gasteiger partial charge in [-0.15, -0.1) is 0 Å². The molecular formula is C13H16Cl2N2O3S. The van der Waals surface area contributed by atoms with Crippen molar-refractivity contribution in [2.45, 2.75) is 25.4 Å². The summed E-state index contributed by atoms with van der Waals surface area (Å²) in [5.74, 6) is -0.302. The standard InChI is InChI=1S/C13H16Cl2N2O3S/c1-21(19,20)17-6-2-3-12(17)13(18)16-8-9-4-5-10(14)7-11(9)15/h4-5,7,12H,2-3,6,8H2,1H3,(H,16,18). The number of benzene rings is 1. The monoisotopic (exact) mass is 350 g/mol. The number of nitrogens with zero attached hydrogens (tertiary/aromatic N) is 1. The van der Waals surface area contributed by atoms with Crippen LogP contribution in [0.4, 0.5) is 0 Å². The molecule has 1 saturated heterocycles. The van der Waals surface area contributed by atoms with Crippen LogP contribution in [0.2, 0.25) is 10.0 Å². The van der Waals surface area contributed by atoms with Crippen LogP contribution in [0.3, 0.4) is 0 Å². The molecule has 0 bridgehead atoms. The normalized spacial score (nSPS) is 19.7. The second kappa shape index (κ2) is 6.52. The maximum absolute atomic E-state index is 12.2. The molecule has 0 saturated carbocycles. The SMILES string of the molecule is CS(=O)(=O)N1CCCC1C(=O)NCc1ccc(Cl)cc1Cl. The van der Waals surface area contributed by atoms with Gasteiger partial charge in [0.25, 0.3) is 0 Å². The molecule has 0 aliphatic carbocycles. The van der Waals surface area contributed by atoms with Crippen molar-refractivity contribution in [3.8, 4) is 0 Å². The molecule has 1 N–H and O–H groups in total. The first-order valence-electron chi connectivity index (χ1n) is 6.47. The largest absolute Gasteiger partial charge is 0.351 e. The van der Waals surface area contributed by atoms with E-state index in [1.165, 1.54) is 4.31 Å². The van der Waals surface area contributed by atoms with Gasteiger partial charge in [0, 0.05) is 23.1 Å². The maximum Gasteiger partial charge on any atom is 0.238 e. The molecule has 1 unspecified atom stereocenters. The summed E-state index contributed by atoms with van der Waals surface area (Å²) in [6.07, 6.45) is 2.34. The van der Waals surface area contributed by atoms with Crippen molar-refractivity contribution in [1.82, 2.24) is 9.62 Å². The van der Waals surface area contributed by atoms with Crippen LogP contribution in [0.1, 0.15) is 18.4 Å². The highest BCUT2D eigenvalue weighted by atomic mass is 35.5. The first-order chi connectivity index (χ1) is 9.79. The summed E-state index contributed by atoms with van der Waals surface area (Å²) < 4.78 is 24.5. The number of sulfonamides is 1. The van der Waals surface area contributed by atoms with Gasteiger partial charge in [-0.2, -0.15) is 4.31 Å². The van der Waals surface area contributed by atoms with Gasteiger partial charge in [-0.05, 0) is 30.5 Å². The van der Waals surface area contributed by atoms with Crippen LogP contribution in [0.15, 0.2) is 18.2 Å². The highest BCUT2D eigenvalue weighted by Gasteiger charge is 2.36. The van der Waals surface area contributed by atoms with Gasteiger partial charge >= 0.3 is 0 Å². The lowest BCUT2D eigenvalue weighted by molar-refractivity contribution is -0.124. The zero-order chi connectivity index (χ0) is 15.6. The molecule has 1 aromatic carbocycles. The Kier molecular flexibility index (Phi) is 5.14. The number of rotatable bonds is 4. The Hall–Kier alpha value is -0.820. The van der Waals surface area contributed by atoms with Crippen LogP contribution in [-0.4, -0.2) is 37.5 Å². The summed E-state index contributed by atoms with van der Waals surface area (Å²) in [6, 6.07) is 4.38. The van der Waals surface area contributed by atoms with Gasteiger partial charge in [0.2, 0.25) is 15.9 Å². The predicted molar refractivity (Wildman–Crippen MR) is 82.9 cm³/mol.